The second kappa shape index (κ2) is 8.37. The van der Waals surface area contributed by atoms with Crippen LogP contribution in [0.2, 0.25) is 0 Å². The van der Waals surface area contributed by atoms with E-state index >= 15 is 0 Å². The van der Waals surface area contributed by atoms with E-state index in [1.807, 2.05) is 18.3 Å². The van der Waals surface area contributed by atoms with Gasteiger partial charge in [0.2, 0.25) is 0 Å². The number of H-pyrrole nitrogens is 1. The number of piperidine rings is 1. The number of aromatic nitrogens is 4. The van der Waals surface area contributed by atoms with Crippen LogP contribution in [-0.2, 0) is 6.54 Å². The van der Waals surface area contributed by atoms with Crippen molar-refractivity contribution < 1.29 is 10.2 Å². The molecule has 8 heteroatoms. The number of anilines is 2. The molecule has 1 aromatic carbocycles. The monoisotopic (exact) mass is 432 g/mol. The average Bonchev–Trinajstić information content (AvgIpc) is 3.23. The number of nitrogens with zero attached hydrogens (tertiary/aromatic N) is 4. The number of rotatable bonds is 6. The van der Waals surface area contributed by atoms with Crippen LogP contribution in [-0.4, -0.2) is 56.5 Å². The quantitative estimate of drug-likeness (QED) is 0.371. The first kappa shape index (κ1) is 20.7. The Morgan fingerprint density at radius 2 is 1.91 bits per heavy atom. The summed E-state index contributed by atoms with van der Waals surface area (Å²) in [5, 5.41) is 23.9. The number of fused-ring (bicyclic) bond motifs is 2. The molecule has 0 atom stereocenters. The predicted molar refractivity (Wildman–Crippen MR) is 126 cm³/mol. The van der Waals surface area contributed by atoms with E-state index in [9.17, 15) is 10.2 Å². The van der Waals surface area contributed by atoms with E-state index in [1.165, 1.54) is 16.5 Å². The lowest BCUT2D eigenvalue weighted by molar-refractivity contribution is 0.0340. The maximum atomic E-state index is 9.64. The largest absolute Gasteiger partial charge is 0.396 e. The normalized spacial score (nSPS) is 16.0. The molecule has 1 aliphatic rings. The van der Waals surface area contributed by atoms with Gasteiger partial charge in [-0.3, -0.25) is 0 Å². The van der Waals surface area contributed by atoms with Gasteiger partial charge in [-0.2, -0.15) is 0 Å². The molecule has 5 rings (SSSR count). The molecular weight excluding hydrogens is 404 g/mol. The Hall–Kier alpha value is -3.23. The molecule has 1 fully saturated rings. The van der Waals surface area contributed by atoms with Gasteiger partial charge in [-0.1, -0.05) is 12.1 Å². The maximum absolute atomic E-state index is 9.64. The van der Waals surface area contributed by atoms with Crippen LogP contribution in [0.1, 0.15) is 24.0 Å². The maximum Gasteiger partial charge on any atom is 0.182 e. The van der Waals surface area contributed by atoms with Gasteiger partial charge < -0.3 is 25.4 Å². The molecule has 166 valence electrons. The smallest absolute Gasteiger partial charge is 0.182 e. The van der Waals surface area contributed by atoms with Crippen molar-refractivity contribution in [2.45, 2.75) is 26.3 Å². The first-order chi connectivity index (χ1) is 15.6. The van der Waals surface area contributed by atoms with Gasteiger partial charge in [0.1, 0.15) is 17.2 Å². The molecule has 0 radical (unpaired) electrons. The van der Waals surface area contributed by atoms with Crippen molar-refractivity contribution in [1.82, 2.24) is 19.9 Å². The number of benzene rings is 1. The first-order valence-corrected chi connectivity index (χ1v) is 11.0. The molecule has 0 unspecified atom stereocenters. The van der Waals surface area contributed by atoms with E-state index in [0.717, 1.165) is 42.8 Å². The Balaban J connectivity index is 1.34. The van der Waals surface area contributed by atoms with Crippen LogP contribution in [0.25, 0.3) is 22.1 Å². The Bertz CT molecular complexity index is 1240. The minimum Gasteiger partial charge on any atom is -0.396 e. The standard InChI is InChI=1S/C24H28N6O2/c1-16-11-25-18-4-2-3-17(22(16)18)12-27-20-13-26-19-5-6-21(29-23(19)28-20)30-9-7-24(14-31,15-32)8-10-30/h2-6,11,13,25,31-32H,7-10,12,14-15H2,1H3,(H,27,28,29). The molecule has 32 heavy (non-hydrogen) atoms. The predicted octanol–water partition coefficient (Wildman–Crippen LogP) is 3.00. The number of pyridine rings is 1. The van der Waals surface area contributed by atoms with Crippen molar-refractivity contribution in [2.24, 2.45) is 5.41 Å². The van der Waals surface area contributed by atoms with Gasteiger partial charge in [-0.05, 0) is 49.1 Å². The minimum absolute atomic E-state index is 0.0129. The third-order valence-electron chi connectivity index (χ3n) is 6.66. The minimum atomic E-state index is -0.384. The highest BCUT2D eigenvalue weighted by Crippen LogP contribution is 2.32. The zero-order valence-corrected chi connectivity index (χ0v) is 18.2. The average molecular weight is 433 g/mol. The van der Waals surface area contributed by atoms with Crippen LogP contribution in [0.4, 0.5) is 11.6 Å². The fraction of sp³-hybridized carbons (Fsp3) is 0.375. The van der Waals surface area contributed by atoms with E-state index in [2.05, 4.69) is 45.3 Å². The molecule has 1 saturated heterocycles. The summed E-state index contributed by atoms with van der Waals surface area (Å²) in [6, 6.07) is 10.2. The summed E-state index contributed by atoms with van der Waals surface area (Å²) < 4.78 is 0. The van der Waals surface area contributed by atoms with Crippen molar-refractivity contribution in [3.63, 3.8) is 0 Å². The number of hydrogen-bond donors (Lipinski definition) is 4. The van der Waals surface area contributed by atoms with Gasteiger partial charge in [0.15, 0.2) is 5.65 Å². The summed E-state index contributed by atoms with van der Waals surface area (Å²) in [5.74, 6) is 1.53. The summed E-state index contributed by atoms with van der Waals surface area (Å²) in [7, 11) is 0. The first-order valence-electron chi connectivity index (χ1n) is 11.0. The van der Waals surface area contributed by atoms with Crippen molar-refractivity contribution in [3.8, 4) is 0 Å². The van der Waals surface area contributed by atoms with Gasteiger partial charge in [0.25, 0.3) is 0 Å². The summed E-state index contributed by atoms with van der Waals surface area (Å²) in [4.78, 5) is 19.5. The highest BCUT2D eigenvalue weighted by atomic mass is 16.3. The zero-order chi connectivity index (χ0) is 22.1. The number of hydrogen-bond acceptors (Lipinski definition) is 7. The van der Waals surface area contributed by atoms with E-state index in [-0.39, 0.29) is 18.6 Å². The van der Waals surface area contributed by atoms with Gasteiger partial charge in [0, 0.05) is 42.1 Å². The summed E-state index contributed by atoms with van der Waals surface area (Å²) in [5.41, 5.74) is 4.52. The molecule has 0 bridgehead atoms. The Morgan fingerprint density at radius 3 is 2.69 bits per heavy atom. The van der Waals surface area contributed by atoms with Gasteiger partial charge >= 0.3 is 0 Å². The van der Waals surface area contributed by atoms with Gasteiger partial charge in [-0.25, -0.2) is 15.0 Å². The van der Waals surface area contributed by atoms with Crippen LogP contribution in [0.5, 0.6) is 0 Å². The highest BCUT2D eigenvalue weighted by molar-refractivity contribution is 5.86. The molecule has 0 spiro atoms. The summed E-state index contributed by atoms with van der Waals surface area (Å²) in [6.07, 6.45) is 5.24. The van der Waals surface area contributed by atoms with Crippen LogP contribution in [0.15, 0.2) is 42.7 Å². The second-order valence-corrected chi connectivity index (χ2v) is 8.74. The van der Waals surface area contributed by atoms with Crippen molar-refractivity contribution >= 4 is 33.7 Å². The van der Waals surface area contributed by atoms with Crippen LogP contribution in [0.3, 0.4) is 0 Å². The van der Waals surface area contributed by atoms with Gasteiger partial charge in [0.05, 0.1) is 19.4 Å². The number of aryl methyl sites for hydroxylation is 1. The number of aliphatic hydroxyl groups excluding tert-OH is 2. The van der Waals surface area contributed by atoms with E-state index in [1.54, 1.807) is 6.20 Å². The second-order valence-electron chi connectivity index (χ2n) is 8.74. The van der Waals surface area contributed by atoms with E-state index in [0.29, 0.717) is 18.0 Å². The molecule has 8 nitrogen and oxygen atoms in total. The number of aliphatic hydroxyl groups is 2. The Morgan fingerprint density at radius 1 is 1.09 bits per heavy atom. The molecule has 4 heterocycles. The Kier molecular flexibility index (Phi) is 5.40. The lowest BCUT2D eigenvalue weighted by atomic mass is 9.80. The van der Waals surface area contributed by atoms with Crippen LogP contribution in [0, 0.1) is 12.3 Å². The number of aromatic amines is 1. The molecule has 1 aliphatic heterocycles. The molecule has 3 aromatic heterocycles. The fourth-order valence-corrected chi connectivity index (χ4v) is 4.50. The summed E-state index contributed by atoms with van der Waals surface area (Å²) >= 11 is 0. The lowest BCUT2D eigenvalue weighted by Crippen LogP contribution is -2.44. The van der Waals surface area contributed by atoms with E-state index in [4.69, 9.17) is 9.97 Å². The SMILES string of the molecule is Cc1c[nH]c2cccc(CNc3cnc4ccc(N5CCC(CO)(CO)CC5)nc4n3)c12. The summed E-state index contributed by atoms with van der Waals surface area (Å²) in [6.45, 7) is 4.26. The van der Waals surface area contributed by atoms with Crippen molar-refractivity contribution in [3.05, 3.63) is 53.9 Å². The third kappa shape index (κ3) is 3.76. The van der Waals surface area contributed by atoms with Crippen molar-refractivity contribution in [1.29, 1.82) is 0 Å². The molecule has 4 N–H and O–H groups in total. The molecule has 4 aromatic rings. The van der Waals surface area contributed by atoms with Crippen molar-refractivity contribution in [2.75, 3.05) is 36.5 Å². The van der Waals surface area contributed by atoms with Gasteiger partial charge in [-0.15, -0.1) is 0 Å². The fourth-order valence-electron chi connectivity index (χ4n) is 4.50. The highest BCUT2D eigenvalue weighted by Gasteiger charge is 2.33. The number of nitrogens with one attached hydrogen (secondary N) is 2. The molecule has 0 aliphatic carbocycles. The molecule has 0 saturated carbocycles. The lowest BCUT2D eigenvalue weighted by Gasteiger charge is -2.40. The topological polar surface area (TPSA) is 110 Å². The van der Waals surface area contributed by atoms with Crippen LogP contribution >= 0.6 is 0 Å². The molecular formula is C24H28N6O2. The van der Waals surface area contributed by atoms with Crippen LogP contribution < -0.4 is 10.2 Å². The molecule has 0 amide bonds. The third-order valence-corrected chi connectivity index (χ3v) is 6.66. The Labute approximate surface area is 186 Å². The zero-order valence-electron chi connectivity index (χ0n) is 18.2. The van der Waals surface area contributed by atoms with E-state index < -0.39 is 0 Å².